The normalized spacial score (nSPS) is 22.1. The maximum absolute atomic E-state index is 8.16. The molecule has 1 atom stereocenters. The molecule has 0 aromatic heterocycles. The van der Waals surface area contributed by atoms with Crippen LogP contribution in [0.3, 0.4) is 0 Å². The fourth-order valence-electron chi connectivity index (χ4n) is 2.07. The lowest BCUT2D eigenvalue weighted by Gasteiger charge is -2.33. The minimum absolute atomic E-state index is 0.321. The van der Waals surface area contributed by atoms with Crippen molar-refractivity contribution in [3.8, 4) is 0 Å². The van der Waals surface area contributed by atoms with Gasteiger partial charge in [0, 0.05) is 31.1 Å². The van der Waals surface area contributed by atoms with Crippen molar-refractivity contribution in [3.63, 3.8) is 0 Å². The number of hydrogen-bond acceptors (Lipinski definition) is 3. The second-order valence-electron chi connectivity index (χ2n) is 4.74. The Bertz CT molecular complexity index is 238. The molecule has 92 valence electrons. The molecule has 1 heterocycles. The van der Waals surface area contributed by atoms with Crippen LogP contribution in [0.25, 0.3) is 10.4 Å². The smallest absolute Gasteiger partial charge is 0.0702 e. The molecule has 0 unspecified atom stereocenters. The van der Waals surface area contributed by atoms with E-state index in [0.29, 0.717) is 18.6 Å². The number of azide groups is 1. The first-order valence-electron chi connectivity index (χ1n) is 6.07. The molecule has 16 heavy (non-hydrogen) atoms. The lowest BCUT2D eigenvalue weighted by molar-refractivity contribution is -0.0355. The van der Waals surface area contributed by atoms with Crippen molar-refractivity contribution in [3.05, 3.63) is 10.4 Å². The number of rotatable bonds is 6. The Labute approximate surface area is 97.4 Å². The van der Waals surface area contributed by atoms with Crippen molar-refractivity contribution in [2.75, 3.05) is 32.8 Å². The van der Waals surface area contributed by atoms with Crippen LogP contribution in [0.1, 0.15) is 26.7 Å². The molecule has 1 saturated heterocycles. The van der Waals surface area contributed by atoms with Crippen LogP contribution in [-0.2, 0) is 4.74 Å². The molecule has 0 amide bonds. The van der Waals surface area contributed by atoms with Gasteiger partial charge in [0.25, 0.3) is 0 Å². The topological polar surface area (TPSA) is 61.2 Å². The van der Waals surface area contributed by atoms with Crippen LogP contribution in [0.15, 0.2) is 5.11 Å². The summed E-state index contributed by atoms with van der Waals surface area (Å²) in [4.78, 5) is 5.21. The van der Waals surface area contributed by atoms with Crippen molar-refractivity contribution in [1.29, 1.82) is 0 Å². The summed E-state index contributed by atoms with van der Waals surface area (Å²) < 4.78 is 5.69. The van der Waals surface area contributed by atoms with Crippen molar-refractivity contribution < 1.29 is 4.74 Å². The fraction of sp³-hybridized carbons (Fsp3) is 1.00. The molecule has 0 radical (unpaired) electrons. The summed E-state index contributed by atoms with van der Waals surface area (Å²) in [5, 5.41) is 3.53. The van der Waals surface area contributed by atoms with Crippen LogP contribution in [0.4, 0.5) is 0 Å². The summed E-state index contributed by atoms with van der Waals surface area (Å²) in [6.45, 7) is 9.12. The molecule has 5 nitrogen and oxygen atoms in total. The molecule has 0 aromatic carbocycles. The van der Waals surface area contributed by atoms with Gasteiger partial charge in [-0.15, -0.1) is 0 Å². The highest BCUT2D eigenvalue weighted by Gasteiger charge is 2.20. The molecule has 0 aromatic rings. The molecule has 5 heteroatoms. The van der Waals surface area contributed by atoms with E-state index in [1.807, 2.05) is 0 Å². The van der Waals surface area contributed by atoms with Gasteiger partial charge < -0.3 is 4.74 Å². The third-order valence-electron chi connectivity index (χ3n) is 2.69. The zero-order valence-electron chi connectivity index (χ0n) is 10.3. The lowest BCUT2D eigenvalue weighted by Crippen LogP contribution is -2.43. The highest BCUT2D eigenvalue weighted by Crippen LogP contribution is 2.12. The predicted octanol–water partition coefficient (Wildman–Crippen LogP) is 2.43. The highest BCUT2D eigenvalue weighted by atomic mass is 16.5. The Balaban J connectivity index is 2.19. The van der Waals surface area contributed by atoms with Gasteiger partial charge in [-0.05, 0) is 24.3 Å². The van der Waals surface area contributed by atoms with Crippen LogP contribution < -0.4 is 0 Å². The van der Waals surface area contributed by atoms with E-state index < -0.39 is 0 Å². The van der Waals surface area contributed by atoms with E-state index in [-0.39, 0.29) is 0 Å². The molecular formula is C11H22N4O. The van der Waals surface area contributed by atoms with Crippen molar-refractivity contribution >= 4 is 0 Å². The Hall–Kier alpha value is -0.770. The van der Waals surface area contributed by atoms with E-state index in [1.54, 1.807) is 0 Å². The fourth-order valence-corrected chi connectivity index (χ4v) is 2.07. The monoisotopic (exact) mass is 226 g/mol. The van der Waals surface area contributed by atoms with Crippen LogP contribution >= 0.6 is 0 Å². The van der Waals surface area contributed by atoms with Crippen LogP contribution in [0, 0.1) is 5.92 Å². The van der Waals surface area contributed by atoms with Gasteiger partial charge in [0.1, 0.15) is 0 Å². The van der Waals surface area contributed by atoms with Gasteiger partial charge in [-0.3, -0.25) is 4.90 Å². The van der Waals surface area contributed by atoms with E-state index in [9.17, 15) is 0 Å². The molecule has 0 saturated carbocycles. The first-order valence-corrected chi connectivity index (χ1v) is 6.07. The Kier molecular flexibility index (Phi) is 6.23. The van der Waals surface area contributed by atoms with Crippen LogP contribution in [0.2, 0.25) is 0 Å². The van der Waals surface area contributed by atoms with E-state index in [0.717, 1.165) is 39.1 Å². The quantitative estimate of drug-likeness (QED) is 0.302. The highest BCUT2D eigenvalue weighted by molar-refractivity contribution is 4.72. The van der Waals surface area contributed by atoms with Crippen molar-refractivity contribution in [1.82, 2.24) is 4.90 Å². The molecule has 1 aliphatic rings. The van der Waals surface area contributed by atoms with E-state index >= 15 is 0 Å². The van der Waals surface area contributed by atoms with Crippen LogP contribution in [0.5, 0.6) is 0 Å². The summed E-state index contributed by atoms with van der Waals surface area (Å²) in [7, 11) is 0. The summed E-state index contributed by atoms with van der Waals surface area (Å²) in [6, 6.07) is 0. The minimum atomic E-state index is 0.321. The Morgan fingerprint density at radius 1 is 1.56 bits per heavy atom. The van der Waals surface area contributed by atoms with Crippen molar-refractivity contribution in [2.45, 2.75) is 32.8 Å². The Morgan fingerprint density at radius 2 is 2.38 bits per heavy atom. The molecule has 0 N–H and O–H groups in total. The number of ether oxygens (including phenoxy) is 1. The van der Waals surface area contributed by atoms with Gasteiger partial charge in [-0.25, -0.2) is 0 Å². The maximum atomic E-state index is 8.16. The third-order valence-corrected chi connectivity index (χ3v) is 2.69. The van der Waals surface area contributed by atoms with E-state index in [2.05, 4.69) is 28.8 Å². The largest absolute Gasteiger partial charge is 0.376 e. The zero-order chi connectivity index (χ0) is 11.8. The first-order chi connectivity index (χ1) is 7.72. The number of nitrogens with zero attached hydrogens (tertiary/aromatic N) is 4. The molecule has 1 rings (SSSR count). The second-order valence-corrected chi connectivity index (χ2v) is 4.74. The third kappa shape index (κ3) is 5.35. The minimum Gasteiger partial charge on any atom is -0.376 e. The molecule has 0 bridgehead atoms. The lowest BCUT2D eigenvalue weighted by atomic mass is 10.1. The standard InChI is InChI=1S/C11H22N4O/c1-10(2)8-15-6-7-16-11(9-15)4-3-5-13-14-12/h10-11H,3-9H2,1-2H3/t11-/m1/s1. The second kappa shape index (κ2) is 7.49. The molecule has 1 fully saturated rings. The van der Waals surface area contributed by atoms with Crippen molar-refractivity contribution in [2.24, 2.45) is 11.0 Å². The average molecular weight is 226 g/mol. The SMILES string of the molecule is CC(C)CN1CCO[C@H](CCCN=[N+]=[N-])C1. The number of morpholine rings is 1. The average Bonchev–Trinajstić information content (AvgIpc) is 2.24. The summed E-state index contributed by atoms with van der Waals surface area (Å²) in [5.74, 6) is 0.710. The predicted molar refractivity (Wildman–Crippen MR) is 64.3 cm³/mol. The summed E-state index contributed by atoms with van der Waals surface area (Å²) in [5.41, 5.74) is 8.16. The maximum Gasteiger partial charge on any atom is 0.0702 e. The summed E-state index contributed by atoms with van der Waals surface area (Å²) >= 11 is 0. The van der Waals surface area contributed by atoms with Gasteiger partial charge in [0.05, 0.1) is 12.7 Å². The van der Waals surface area contributed by atoms with E-state index in [4.69, 9.17) is 10.3 Å². The van der Waals surface area contributed by atoms with Crippen LogP contribution in [-0.4, -0.2) is 43.8 Å². The molecule has 1 aliphatic heterocycles. The first kappa shape index (κ1) is 13.3. The molecule has 0 aliphatic carbocycles. The molecule has 0 spiro atoms. The van der Waals surface area contributed by atoms with E-state index in [1.165, 1.54) is 0 Å². The van der Waals surface area contributed by atoms with Gasteiger partial charge in [0.15, 0.2) is 0 Å². The Morgan fingerprint density at radius 3 is 3.06 bits per heavy atom. The van der Waals surface area contributed by atoms with Gasteiger partial charge in [0.2, 0.25) is 0 Å². The zero-order valence-corrected chi connectivity index (χ0v) is 10.3. The molecular weight excluding hydrogens is 204 g/mol. The van der Waals surface area contributed by atoms with Gasteiger partial charge in [-0.1, -0.05) is 19.0 Å². The summed E-state index contributed by atoms with van der Waals surface area (Å²) in [6.07, 6.45) is 2.24. The number of hydrogen-bond donors (Lipinski definition) is 0. The van der Waals surface area contributed by atoms with Gasteiger partial charge >= 0.3 is 0 Å². The van der Waals surface area contributed by atoms with Gasteiger partial charge in [-0.2, -0.15) is 0 Å².